The third-order valence-corrected chi connectivity index (χ3v) is 9.67. The van der Waals surface area contributed by atoms with E-state index in [0.717, 1.165) is 24.8 Å². The molecule has 2 aliphatic heterocycles. The fourth-order valence-electron chi connectivity index (χ4n) is 6.64. The minimum Gasteiger partial charge on any atom is -0.347 e. The first-order chi connectivity index (χ1) is 22.6. The van der Waals surface area contributed by atoms with Crippen LogP contribution in [0.1, 0.15) is 109 Å². The Hall–Kier alpha value is -4.02. The summed E-state index contributed by atoms with van der Waals surface area (Å²) in [6.07, 6.45) is 8.14. The molecule has 4 rings (SSSR count). The van der Waals surface area contributed by atoms with Crippen molar-refractivity contribution in [3.8, 4) is 0 Å². The Morgan fingerprint density at radius 3 is 2.40 bits per heavy atom. The van der Waals surface area contributed by atoms with E-state index in [4.69, 9.17) is 0 Å². The van der Waals surface area contributed by atoms with E-state index in [1.807, 2.05) is 56.5 Å². The number of carbonyl (C=O) groups is 6. The lowest BCUT2D eigenvalue weighted by molar-refractivity contribution is -0.147. The highest BCUT2D eigenvalue weighted by Gasteiger charge is 2.42. The van der Waals surface area contributed by atoms with Crippen LogP contribution in [0.4, 0.5) is 0 Å². The summed E-state index contributed by atoms with van der Waals surface area (Å²) < 4.78 is 1.96. The van der Waals surface area contributed by atoms with Crippen molar-refractivity contribution in [2.75, 3.05) is 6.54 Å². The number of aromatic nitrogens is 1. The van der Waals surface area contributed by atoms with Crippen LogP contribution in [0.5, 0.6) is 0 Å². The molecule has 0 radical (unpaired) electrons. The Bertz CT molecular complexity index is 1470. The Balaban J connectivity index is 1.72. The van der Waals surface area contributed by atoms with Crippen LogP contribution in [0, 0.1) is 5.92 Å². The average Bonchev–Trinajstić information content (AvgIpc) is 3.45. The number of amides is 4. The molecule has 5 atom stereocenters. The number of para-hydroxylation sites is 1. The summed E-state index contributed by atoms with van der Waals surface area (Å²) in [5.74, 6) is -2.87. The molecule has 0 bridgehead atoms. The van der Waals surface area contributed by atoms with Gasteiger partial charge < -0.3 is 25.4 Å². The molecule has 3 N–H and O–H groups in total. The number of ketones is 2. The van der Waals surface area contributed by atoms with Crippen LogP contribution in [-0.4, -0.2) is 75.4 Å². The Morgan fingerprint density at radius 1 is 0.915 bits per heavy atom. The van der Waals surface area contributed by atoms with Gasteiger partial charge in [0, 0.05) is 48.6 Å². The third kappa shape index (κ3) is 8.48. The van der Waals surface area contributed by atoms with E-state index in [1.165, 1.54) is 4.90 Å². The first-order valence-electron chi connectivity index (χ1n) is 17.5. The zero-order chi connectivity index (χ0) is 34.1. The maximum Gasteiger partial charge on any atom is 0.251 e. The smallest absolute Gasteiger partial charge is 0.251 e. The zero-order valence-electron chi connectivity index (χ0n) is 28.3. The molecule has 2 aliphatic rings. The second-order valence-electron chi connectivity index (χ2n) is 13.0. The predicted molar refractivity (Wildman–Crippen MR) is 180 cm³/mol. The normalized spacial score (nSPS) is 23.2. The number of piperidine rings is 1. The van der Waals surface area contributed by atoms with Gasteiger partial charge in [0.1, 0.15) is 23.9 Å². The number of nitrogens with one attached hydrogen (secondary N) is 3. The van der Waals surface area contributed by atoms with Gasteiger partial charge in [-0.1, -0.05) is 65.2 Å². The first-order valence-corrected chi connectivity index (χ1v) is 17.5. The molecule has 47 heavy (non-hydrogen) atoms. The van der Waals surface area contributed by atoms with Crippen molar-refractivity contribution in [1.29, 1.82) is 0 Å². The zero-order valence-corrected chi connectivity index (χ0v) is 28.3. The van der Waals surface area contributed by atoms with Gasteiger partial charge in [0.25, 0.3) is 5.91 Å². The highest BCUT2D eigenvalue weighted by molar-refractivity contribution is 6.20. The third-order valence-electron chi connectivity index (χ3n) is 9.67. The number of carbonyl (C=O) groups excluding carboxylic acids is 6. The molecular formula is C36H51N5O6. The summed E-state index contributed by atoms with van der Waals surface area (Å²) in [6.45, 7) is 8.65. The molecule has 0 aliphatic carbocycles. The fraction of sp³-hybridized carbons (Fsp3) is 0.611. The molecule has 1 aromatic carbocycles. The molecule has 256 valence electrons. The number of rotatable bonds is 13. The lowest BCUT2D eigenvalue weighted by Gasteiger charge is -2.39. The van der Waals surface area contributed by atoms with E-state index in [0.29, 0.717) is 69.0 Å². The lowest BCUT2D eigenvalue weighted by atomic mass is 9.93. The van der Waals surface area contributed by atoms with Crippen molar-refractivity contribution >= 4 is 46.1 Å². The molecule has 2 aromatic rings. The molecule has 1 aromatic heterocycles. The van der Waals surface area contributed by atoms with E-state index in [9.17, 15) is 28.8 Å². The van der Waals surface area contributed by atoms with Crippen molar-refractivity contribution in [3.63, 3.8) is 0 Å². The Labute approximate surface area is 277 Å². The minimum atomic E-state index is -1.62. The maximum absolute atomic E-state index is 14.3. The summed E-state index contributed by atoms with van der Waals surface area (Å²) in [5.41, 5.74) is 1.14. The second-order valence-corrected chi connectivity index (χ2v) is 13.0. The van der Waals surface area contributed by atoms with E-state index < -0.39 is 47.7 Å². The van der Waals surface area contributed by atoms with Gasteiger partial charge in [-0.2, -0.15) is 0 Å². The number of Topliss-reactive ketones (excluding diaryl/α,β-unsaturated/α-hetero) is 2. The molecule has 3 heterocycles. The highest BCUT2D eigenvalue weighted by atomic mass is 16.2. The van der Waals surface area contributed by atoms with E-state index in [-0.39, 0.29) is 24.0 Å². The van der Waals surface area contributed by atoms with Gasteiger partial charge in [-0.15, -0.1) is 0 Å². The molecule has 0 saturated carbocycles. The molecule has 2 saturated heterocycles. The summed E-state index contributed by atoms with van der Waals surface area (Å²) in [4.78, 5) is 83.5. The van der Waals surface area contributed by atoms with Crippen LogP contribution in [-0.2, 0) is 30.5 Å². The van der Waals surface area contributed by atoms with Gasteiger partial charge in [0.05, 0.1) is 0 Å². The van der Waals surface area contributed by atoms with Crippen LogP contribution in [0.3, 0.4) is 0 Å². The number of aryl methyl sites for hydroxylation is 1. The quantitative estimate of drug-likeness (QED) is 0.170. The maximum atomic E-state index is 14.3. The average molecular weight is 650 g/mol. The molecule has 0 spiro atoms. The van der Waals surface area contributed by atoms with Crippen LogP contribution in [0.15, 0.2) is 30.5 Å². The van der Waals surface area contributed by atoms with Gasteiger partial charge in [0.2, 0.25) is 17.7 Å². The number of fused-ring (bicyclic) bond motifs is 2. The van der Waals surface area contributed by atoms with Crippen LogP contribution in [0.2, 0.25) is 0 Å². The number of hydrogen-bond donors (Lipinski definition) is 3. The SMILES string of the molecule is CCCn1cc(C(=O)[C@H]2NC(=O)[C@H](CCCCCC(=O)CC)NC(=O)[C@H]3CCCCN3C(=O)[C@H](C(C)CC)NC2=O)c2ccccc21. The summed E-state index contributed by atoms with van der Waals surface area (Å²) >= 11 is 0. The highest BCUT2D eigenvalue weighted by Crippen LogP contribution is 2.25. The van der Waals surface area contributed by atoms with Gasteiger partial charge in [-0.3, -0.25) is 28.8 Å². The number of nitrogens with zero attached hydrogens (tertiary/aromatic N) is 2. The monoisotopic (exact) mass is 649 g/mol. The van der Waals surface area contributed by atoms with Gasteiger partial charge in [-0.05, 0) is 50.5 Å². The summed E-state index contributed by atoms with van der Waals surface area (Å²) in [5, 5.41) is 9.07. The van der Waals surface area contributed by atoms with Crippen molar-refractivity contribution in [1.82, 2.24) is 25.4 Å². The molecule has 1 unspecified atom stereocenters. The van der Waals surface area contributed by atoms with Gasteiger partial charge >= 0.3 is 0 Å². The number of benzene rings is 1. The molecule has 11 heteroatoms. The fourth-order valence-corrected chi connectivity index (χ4v) is 6.64. The van der Waals surface area contributed by atoms with E-state index in [2.05, 4.69) is 16.0 Å². The van der Waals surface area contributed by atoms with E-state index >= 15 is 0 Å². The lowest BCUT2D eigenvalue weighted by Crippen LogP contribution is -2.65. The van der Waals surface area contributed by atoms with Gasteiger partial charge in [0.15, 0.2) is 11.8 Å². The topological polar surface area (TPSA) is 147 Å². The van der Waals surface area contributed by atoms with Crippen molar-refractivity contribution < 1.29 is 28.8 Å². The summed E-state index contributed by atoms with van der Waals surface area (Å²) in [6, 6.07) is 3.04. The standard InChI is InChI=1S/C36H51N5O6/c1-5-20-40-22-26(25-16-11-12-18-28(25)40)32(43)31-35(46)38-30(23(4)6-2)36(47)41-21-14-13-19-29(41)34(45)37-27(33(44)39-31)17-10-8-9-15-24(42)7-3/h11-12,16,18,22-23,27,29-31H,5-10,13-15,17,19-21H2,1-4H3,(H,37,45)(H,38,46)(H,39,44)/t23?,27-,29+,30-,31+/m0/s1. The van der Waals surface area contributed by atoms with Gasteiger partial charge in [-0.25, -0.2) is 0 Å². The van der Waals surface area contributed by atoms with Crippen molar-refractivity contribution in [2.24, 2.45) is 5.92 Å². The summed E-state index contributed by atoms with van der Waals surface area (Å²) in [7, 11) is 0. The molecular weight excluding hydrogens is 598 g/mol. The van der Waals surface area contributed by atoms with Crippen molar-refractivity contribution in [2.45, 2.75) is 129 Å². The number of unbranched alkanes of at least 4 members (excludes halogenated alkanes) is 2. The largest absolute Gasteiger partial charge is 0.347 e. The van der Waals surface area contributed by atoms with Crippen LogP contribution < -0.4 is 16.0 Å². The second kappa shape index (κ2) is 16.7. The molecule has 11 nitrogen and oxygen atoms in total. The minimum absolute atomic E-state index is 0.174. The first kappa shape index (κ1) is 35.8. The van der Waals surface area contributed by atoms with E-state index in [1.54, 1.807) is 6.20 Å². The van der Waals surface area contributed by atoms with Crippen LogP contribution in [0.25, 0.3) is 10.9 Å². The molecule has 2 fully saturated rings. The van der Waals surface area contributed by atoms with Crippen molar-refractivity contribution in [3.05, 3.63) is 36.0 Å². The van der Waals surface area contributed by atoms with Crippen LogP contribution >= 0.6 is 0 Å². The Kier molecular flexibility index (Phi) is 12.7. The predicted octanol–water partition coefficient (Wildman–Crippen LogP) is 4.06. The molecule has 4 amide bonds. The Morgan fingerprint density at radius 2 is 1.68 bits per heavy atom. The number of hydrogen-bond acceptors (Lipinski definition) is 6.